The summed E-state index contributed by atoms with van der Waals surface area (Å²) in [7, 11) is 2.00. The van der Waals surface area contributed by atoms with E-state index in [0.717, 1.165) is 26.1 Å². The smallest absolute Gasteiger partial charge is 0.236 e. The second-order valence-corrected chi connectivity index (χ2v) is 4.30. The SMILES string of the molecule is CC(C)CCN1CCN(C)CC1=O. The molecule has 0 aromatic carbocycles. The lowest BCUT2D eigenvalue weighted by Gasteiger charge is -2.32. The van der Waals surface area contributed by atoms with Crippen LogP contribution >= 0.6 is 0 Å². The monoisotopic (exact) mass is 184 g/mol. The van der Waals surface area contributed by atoms with Crippen LogP contribution in [0.2, 0.25) is 0 Å². The van der Waals surface area contributed by atoms with Crippen molar-refractivity contribution < 1.29 is 4.79 Å². The number of carbonyl (C=O) groups is 1. The van der Waals surface area contributed by atoms with Crippen molar-refractivity contribution >= 4 is 5.91 Å². The Kier molecular flexibility index (Phi) is 3.72. The molecule has 0 aromatic rings. The lowest BCUT2D eigenvalue weighted by atomic mass is 10.1. The van der Waals surface area contributed by atoms with E-state index in [9.17, 15) is 4.79 Å². The van der Waals surface area contributed by atoms with Gasteiger partial charge in [-0.15, -0.1) is 0 Å². The number of piperazine rings is 1. The lowest BCUT2D eigenvalue weighted by molar-refractivity contribution is -0.135. The lowest BCUT2D eigenvalue weighted by Crippen LogP contribution is -2.49. The standard InChI is InChI=1S/C10H20N2O/c1-9(2)4-5-12-7-6-11(3)8-10(12)13/h9H,4-8H2,1-3H3. The van der Waals surface area contributed by atoms with Gasteiger partial charge >= 0.3 is 0 Å². The third kappa shape index (κ3) is 3.35. The molecule has 0 saturated carbocycles. The summed E-state index contributed by atoms with van der Waals surface area (Å²) in [6.07, 6.45) is 1.12. The van der Waals surface area contributed by atoms with Crippen molar-refractivity contribution in [1.82, 2.24) is 9.80 Å². The van der Waals surface area contributed by atoms with E-state index in [0.29, 0.717) is 12.5 Å². The molecule has 3 heteroatoms. The Balaban J connectivity index is 2.30. The second-order valence-electron chi connectivity index (χ2n) is 4.30. The molecule has 1 heterocycles. The first kappa shape index (κ1) is 10.5. The van der Waals surface area contributed by atoms with Gasteiger partial charge in [0.15, 0.2) is 0 Å². The van der Waals surface area contributed by atoms with Crippen molar-refractivity contribution in [2.75, 3.05) is 33.2 Å². The zero-order chi connectivity index (χ0) is 9.84. The maximum Gasteiger partial charge on any atom is 0.236 e. The van der Waals surface area contributed by atoms with Gasteiger partial charge in [0, 0.05) is 19.6 Å². The van der Waals surface area contributed by atoms with Crippen molar-refractivity contribution in [3.05, 3.63) is 0 Å². The maximum absolute atomic E-state index is 11.5. The van der Waals surface area contributed by atoms with Gasteiger partial charge in [0.2, 0.25) is 5.91 Å². The molecule has 3 nitrogen and oxygen atoms in total. The minimum atomic E-state index is 0.286. The van der Waals surface area contributed by atoms with Crippen LogP contribution in [0, 0.1) is 5.92 Å². The van der Waals surface area contributed by atoms with E-state index in [1.807, 2.05) is 11.9 Å². The van der Waals surface area contributed by atoms with Crippen LogP contribution in [0.1, 0.15) is 20.3 Å². The summed E-state index contributed by atoms with van der Waals surface area (Å²) in [5.74, 6) is 0.974. The largest absolute Gasteiger partial charge is 0.340 e. The fourth-order valence-corrected chi connectivity index (χ4v) is 1.48. The molecule has 0 N–H and O–H groups in total. The molecular weight excluding hydrogens is 164 g/mol. The van der Waals surface area contributed by atoms with Crippen LogP contribution in [0.3, 0.4) is 0 Å². The molecule has 0 atom stereocenters. The van der Waals surface area contributed by atoms with Crippen LogP contribution in [-0.4, -0.2) is 48.9 Å². The number of hydrogen-bond donors (Lipinski definition) is 0. The minimum Gasteiger partial charge on any atom is -0.340 e. The van der Waals surface area contributed by atoms with E-state index in [1.165, 1.54) is 0 Å². The Labute approximate surface area is 80.7 Å². The highest BCUT2D eigenvalue weighted by Gasteiger charge is 2.20. The van der Waals surface area contributed by atoms with Gasteiger partial charge in [-0.05, 0) is 19.4 Å². The first-order valence-corrected chi connectivity index (χ1v) is 5.06. The van der Waals surface area contributed by atoms with Crippen LogP contribution in [0.5, 0.6) is 0 Å². The van der Waals surface area contributed by atoms with Gasteiger partial charge < -0.3 is 4.90 Å². The van der Waals surface area contributed by atoms with Crippen molar-refractivity contribution in [2.45, 2.75) is 20.3 Å². The molecule has 1 amide bonds. The number of rotatable bonds is 3. The molecule has 0 spiro atoms. The average Bonchev–Trinajstić information content (AvgIpc) is 2.02. The molecule has 0 aliphatic carbocycles. The Morgan fingerprint density at radius 1 is 1.38 bits per heavy atom. The number of hydrogen-bond acceptors (Lipinski definition) is 2. The minimum absolute atomic E-state index is 0.286. The van der Waals surface area contributed by atoms with Gasteiger partial charge in [-0.2, -0.15) is 0 Å². The Morgan fingerprint density at radius 2 is 2.08 bits per heavy atom. The summed E-state index contributed by atoms with van der Waals surface area (Å²) in [6.45, 7) is 7.84. The first-order chi connectivity index (χ1) is 6.09. The zero-order valence-corrected chi connectivity index (χ0v) is 8.92. The molecule has 0 radical (unpaired) electrons. The van der Waals surface area contributed by atoms with Crippen LogP contribution in [0.15, 0.2) is 0 Å². The predicted octanol–water partition coefficient (Wildman–Crippen LogP) is 0.806. The van der Waals surface area contributed by atoms with E-state index in [2.05, 4.69) is 18.7 Å². The molecule has 1 fully saturated rings. The van der Waals surface area contributed by atoms with Crippen LogP contribution in [0.4, 0.5) is 0 Å². The van der Waals surface area contributed by atoms with Gasteiger partial charge in [0.25, 0.3) is 0 Å². The fraction of sp³-hybridized carbons (Fsp3) is 0.900. The van der Waals surface area contributed by atoms with Gasteiger partial charge in [-0.1, -0.05) is 13.8 Å². The van der Waals surface area contributed by atoms with E-state index in [-0.39, 0.29) is 5.91 Å². The fourth-order valence-electron chi connectivity index (χ4n) is 1.48. The summed E-state index contributed by atoms with van der Waals surface area (Å²) < 4.78 is 0. The summed E-state index contributed by atoms with van der Waals surface area (Å²) in [5, 5.41) is 0. The van der Waals surface area contributed by atoms with E-state index in [1.54, 1.807) is 0 Å². The second kappa shape index (κ2) is 4.61. The van der Waals surface area contributed by atoms with E-state index >= 15 is 0 Å². The molecule has 1 saturated heterocycles. The number of likely N-dealkylation sites (N-methyl/N-ethyl adjacent to an activating group) is 1. The summed E-state index contributed by atoms with van der Waals surface area (Å²) in [4.78, 5) is 15.6. The Bertz CT molecular complexity index is 180. The third-order valence-corrected chi connectivity index (χ3v) is 2.49. The molecule has 1 rings (SSSR count). The predicted molar refractivity (Wildman–Crippen MR) is 53.5 cm³/mol. The highest BCUT2D eigenvalue weighted by atomic mass is 16.2. The molecule has 0 aromatic heterocycles. The Morgan fingerprint density at radius 3 is 2.62 bits per heavy atom. The number of amides is 1. The zero-order valence-electron chi connectivity index (χ0n) is 8.92. The summed E-state index contributed by atoms with van der Waals surface area (Å²) >= 11 is 0. The van der Waals surface area contributed by atoms with Gasteiger partial charge in [-0.25, -0.2) is 0 Å². The molecular formula is C10H20N2O. The molecule has 76 valence electrons. The van der Waals surface area contributed by atoms with Crippen molar-refractivity contribution in [3.8, 4) is 0 Å². The quantitative estimate of drug-likeness (QED) is 0.648. The molecule has 0 unspecified atom stereocenters. The summed E-state index contributed by atoms with van der Waals surface area (Å²) in [5.41, 5.74) is 0. The van der Waals surface area contributed by atoms with Crippen molar-refractivity contribution in [2.24, 2.45) is 5.92 Å². The number of nitrogens with zero attached hydrogens (tertiary/aromatic N) is 2. The highest BCUT2D eigenvalue weighted by Crippen LogP contribution is 2.06. The van der Waals surface area contributed by atoms with E-state index in [4.69, 9.17) is 0 Å². The molecule has 13 heavy (non-hydrogen) atoms. The molecule has 1 aliphatic rings. The number of carbonyl (C=O) groups excluding carboxylic acids is 1. The highest BCUT2D eigenvalue weighted by molar-refractivity contribution is 5.78. The van der Waals surface area contributed by atoms with Gasteiger partial charge in [0.05, 0.1) is 6.54 Å². The summed E-state index contributed by atoms with van der Waals surface area (Å²) in [6, 6.07) is 0. The normalized spacial score (nSPS) is 20.0. The van der Waals surface area contributed by atoms with E-state index < -0.39 is 0 Å². The maximum atomic E-state index is 11.5. The van der Waals surface area contributed by atoms with Crippen LogP contribution < -0.4 is 0 Å². The topological polar surface area (TPSA) is 23.6 Å². The van der Waals surface area contributed by atoms with Crippen molar-refractivity contribution in [1.29, 1.82) is 0 Å². The Hall–Kier alpha value is -0.570. The van der Waals surface area contributed by atoms with Crippen molar-refractivity contribution in [3.63, 3.8) is 0 Å². The van der Waals surface area contributed by atoms with Crippen LogP contribution in [0.25, 0.3) is 0 Å². The van der Waals surface area contributed by atoms with Gasteiger partial charge in [0.1, 0.15) is 0 Å². The molecule has 1 aliphatic heterocycles. The van der Waals surface area contributed by atoms with Crippen LogP contribution in [-0.2, 0) is 4.79 Å². The average molecular weight is 184 g/mol. The third-order valence-electron chi connectivity index (χ3n) is 2.49. The first-order valence-electron chi connectivity index (χ1n) is 5.06. The van der Waals surface area contributed by atoms with Gasteiger partial charge in [-0.3, -0.25) is 9.69 Å². The molecule has 0 bridgehead atoms.